The Labute approximate surface area is 213 Å². The number of benzene rings is 1. The lowest BCUT2D eigenvalue weighted by Gasteiger charge is -2.41. The summed E-state index contributed by atoms with van der Waals surface area (Å²) in [5.41, 5.74) is 9.54. The summed E-state index contributed by atoms with van der Waals surface area (Å²) >= 11 is 6.64. The minimum Gasteiger partial charge on any atom is -0.496 e. The normalized spacial score (nSPS) is 30.2. The maximum atomic E-state index is 11.9. The quantitative estimate of drug-likeness (QED) is 0.441. The number of carbonyl (C=O) groups excluding carboxylic acids is 1. The number of hydrogen-bond acceptors (Lipinski definition) is 7. The molecule has 2 aromatic heterocycles. The molecule has 3 heterocycles. The summed E-state index contributed by atoms with van der Waals surface area (Å²) in [6.45, 7) is 4.04. The van der Waals surface area contributed by atoms with Crippen LogP contribution in [0.2, 0.25) is 5.02 Å². The molecule has 1 saturated heterocycles. The molecule has 0 bridgehead atoms. The van der Waals surface area contributed by atoms with E-state index in [4.69, 9.17) is 27.1 Å². The highest BCUT2D eigenvalue weighted by molar-refractivity contribution is 6.34. The maximum Gasteiger partial charge on any atom is 0.221 e. The zero-order valence-electron chi connectivity index (χ0n) is 20.2. The first-order valence-electron chi connectivity index (χ1n) is 12.3. The van der Waals surface area contributed by atoms with Crippen LogP contribution in [0.5, 0.6) is 5.75 Å². The third kappa shape index (κ3) is 2.90. The summed E-state index contributed by atoms with van der Waals surface area (Å²) in [4.78, 5) is 29.3. The van der Waals surface area contributed by atoms with Gasteiger partial charge in [-0.25, -0.2) is 9.97 Å². The third-order valence-electron chi connectivity index (χ3n) is 8.68. The first kappa shape index (κ1) is 21.9. The molecule has 7 rings (SSSR count). The molecule has 36 heavy (non-hydrogen) atoms. The Kier molecular flexibility index (Phi) is 4.63. The van der Waals surface area contributed by atoms with Gasteiger partial charge >= 0.3 is 0 Å². The van der Waals surface area contributed by atoms with E-state index in [-0.39, 0.29) is 29.2 Å². The van der Waals surface area contributed by atoms with Crippen molar-refractivity contribution in [3.05, 3.63) is 41.6 Å². The van der Waals surface area contributed by atoms with Gasteiger partial charge in [-0.1, -0.05) is 23.8 Å². The molecule has 5 atom stereocenters. The lowest BCUT2D eigenvalue weighted by atomic mass is 9.68. The molecule has 0 spiro atoms. The molecule has 4 aliphatic rings. The second-order valence-electron chi connectivity index (χ2n) is 10.4. The van der Waals surface area contributed by atoms with E-state index in [0.29, 0.717) is 22.4 Å². The number of aromatic nitrogens is 3. The van der Waals surface area contributed by atoms with Gasteiger partial charge in [-0.15, -0.1) is 0 Å². The number of methoxy groups -OCH3 is 1. The SMILES string of the molecule is COc1cc(N2CCN(C)CC2)ccc1-c1nc2ncc(Cl)c(NC34[C@H]5[C@@H](C(N)=O)[C@@H]3C=C[C@H]54)c2[nH]1. The maximum absolute atomic E-state index is 11.9. The average Bonchev–Trinajstić information content (AvgIpc) is 3.16. The van der Waals surface area contributed by atoms with Gasteiger partial charge in [0.05, 0.1) is 41.0 Å². The Morgan fingerprint density at radius 3 is 2.75 bits per heavy atom. The second-order valence-corrected chi connectivity index (χ2v) is 10.8. The van der Waals surface area contributed by atoms with Crippen molar-refractivity contribution in [2.75, 3.05) is 50.6 Å². The van der Waals surface area contributed by atoms with Crippen LogP contribution in [0.4, 0.5) is 11.4 Å². The van der Waals surface area contributed by atoms with Crippen molar-refractivity contribution in [3.63, 3.8) is 0 Å². The average molecular weight is 506 g/mol. The summed E-state index contributed by atoms with van der Waals surface area (Å²) in [7, 11) is 3.83. The molecule has 3 aliphatic carbocycles. The van der Waals surface area contributed by atoms with Crippen molar-refractivity contribution >= 4 is 40.0 Å². The second kappa shape index (κ2) is 7.60. The number of nitrogens with two attached hydrogens (primary N) is 1. The van der Waals surface area contributed by atoms with Crippen LogP contribution in [0.1, 0.15) is 0 Å². The number of ether oxygens (including phenoxy) is 1. The number of imidazole rings is 1. The lowest BCUT2D eigenvalue weighted by Crippen LogP contribution is -2.52. The number of pyridine rings is 1. The molecule has 2 saturated carbocycles. The summed E-state index contributed by atoms with van der Waals surface area (Å²) in [6, 6.07) is 6.23. The highest BCUT2D eigenvalue weighted by Gasteiger charge is 2.83. The molecule has 3 fully saturated rings. The number of carbonyl (C=O) groups is 1. The Morgan fingerprint density at radius 2 is 2.03 bits per heavy atom. The van der Waals surface area contributed by atoms with Crippen LogP contribution in [0.3, 0.4) is 0 Å². The number of nitrogens with one attached hydrogen (secondary N) is 2. The Morgan fingerprint density at radius 1 is 1.25 bits per heavy atom. The zero-order valence-corrected chi connectivity index (χ0v) is 20.9. The molecular weight excluding hydrogens is 478 g/mol. The van der Waals surface area contributed by atoms with Crippen molar-refractivity contribution in [3.8, 4) is 17.1 Å². The predicted molar refractivity (Wildman–Crippen MR) is 139 cm³/mol. The van der Waals surface area contributed by atoms with Gasteiger partial charge in [-0.05, 0) is 19.2 Å². The molecule has 9 nitrogen and oxygen atoms in total. The summed E-state index contributed by atoms with van der Waals surface area (Å²) in [5, 5.41) is 4.19. The monoisotopic (exact) mass is 505 g/mol. The fourth-order valence-corrected chi connectivity index (χ4v) is 6.96. The summed E-state index contributed by atoms with van der Waals surface area (Å²) < 4.78 is 5.78. The fraction of sp³-hybridized carbons (Fsp3) is 0.423. The first-order chi connectivity index (χ1) is 17.4. The molecule has 1 amide bonds. The smallest absolute Gasteiger partial charge is 0.221 e. The molecule has 186 valence electrons. The lowest BCUT2D eigenvalue weighted by molar-refractivity contribution is -0.126. The molecule has 1 aliphatic heterocycles. The van der Waals surface area contributed by atoms with Gasteiger partial charge < -0.3 is 30.6 Å². The molecule has 1 aromatic carbocycles. The van der Waals surface area contributed by atoms with Crippen molar-refractivity contribution in [1.82, 2.24) is 19.9 Å². The van der Waals surface area contributed by atoms with E-state index in [0.717, 1.165) is 54.4 Å². The predicted octanol–water partition coefficient (Wildman–Crippen LogP) is 2.74. The number of hydrogen-bond donors (Lipinski definition) is 3. The Hall–Kier alpha value is -3.30. The van der Waals surface area contributed by atoms with Crippen LogP contribution in [0, 0.1) is 23.7 Å². The number of anilines is 2. The Balaban J connectivity index is 1.22. The van der Waals surface area contributed by atoms with E-state index < -0.39 is 0 Å². The molecule has 3 aromatic rings. The topological polar surface area (TPSA) is 112 Å². The van der Waals surface area contributed by atoms with Crippen LogP contribution in [-0.4, -0.2) is 71.6 Å². The van der Waals surface area contributed by atoms with E-state index in [9.17, 15) is 4.79 Å². The van der Waals surface area contributed by atoms with Gasteiger partial charge in [0.15, 0.2) is 5.65 Å². The zero-order chi connectivity index (χ0) is 24.8. The largest absolute Gasteiger partial charge is 0.496 e. The third-order valence-corrected chi connectivity index (χ3v) is 8.97. The van der Waals surface area contributed by atoms with E-state index in [1.165, 1.54) is 0 Å². The van der Waals surface area contributed by atoms with E-state index in [1.807, 2.05) is 6.07 Å². The van der Waals surface area contributed by atoms with Crippen LogP contribution < -0.4 is 20.7 Å². The highest BCUT2D eigenvalue weighted by Crippen LogP contribution is 2.76. The number of aromatic amines is 1. The number of fused-ring (bicyclic) bond motifs is 2. The molecule has 10 heteroatoms. The number of likely N-dealkylation sites (N-methyl/N-ethyl adjacent to an activating group) is 1. The van der Waals surface area contributed by atoms with Crippen LogP contribution >= 0.6 is 11.6 Å². The van der Waals surface area contributed by atoms with E-state index >= 15 is 0 Å². The van der Waals surface area contributed by atoms with Crippen LogP contribution in [-0.2, 0) is 4.79 Å². The summed E-state index contributed by atoms with van der Waals surface area (Å²) in [5.74, 6) is 1.68. The minimum atomic E-state index is -0.226. The molecular formula is C26H28ClN7O2. The minimum absolute atomic E-state index is 0.0916. The number of rotatable bonds is 6. The number of primary amides is 1. The van der Waals surface area contributed by atoms with E-state index in [1.54, 1.807) is 13.3 Å². The standard InChI is InChI=1S/C26H28ClN7O2/c1-33-7-9-34(10-8-33)13-3-4-14(18(11-13)36-2)24-30-22-21(17(27)12-29-25(22)31-24)32-26-15-5-6-16(26)20(26)19(15)23(28)35/h3-6,11-12,15-16,19-20H,7-10H2,1-2H3,(H2,28,35)(H2,29,30,31,32)/t15-,16+,19-,20+,26?/m0/s1. The van der Waals surface area contributed by atoms with Gasteiger partial charge in [0, 0.05) is 55.7 Å². The van der Waals surface area contributed by atoms with Crippen molar-refractivity contribution in [2.45, 2.75) is 5.54 Å². The number of halogens is 1. The van der Waals surface area contributed by atoms with Gasteiger partial charge in [0.2, 0.25) is 5.91 Å². The van der Waals surface area contributed by atoms with Gasteiger partial charge in [0.25, 0.3) is 0 Å². The molecule has 4 N–H and O–H groups in total. The van der Waals surface area contributed by atoms with Gasteiger partial charge in [-0.2, -0.15) is 0 Å². The molecule has 0 radical (unpaired) electrons. The van der Waals surface area contributed by atoms with Crippen molar-refractivity contribution < 1.29 is 9.53 Å². The highest BCUT2D eigenvalue weighted by atomic mass is 35.5. The Bertz CT molecular complexity index is 1430. The number of nitrogens with zero attached hydrogens (tertiary/aromatic N) is 4. The van der Waals surface area contributed by atoms with Crippen LogP contribution in [0.15, 0.2) is 36.5 Å². The fourth-order valence-electron chi connectivity index (χ4n) is 6.77. The van der Waals surface area contributed by atoms with Crippen molar-refractivity contribution in [2.24, 2.45) is 29.4 Å². The number of H-pyrrole nitrogens is 1. The number of amides is 1. The van der Waals surface area contributed by atoms with Gasteiger partial charge in [0.1, 0.15) is 17.1 Å². The molecule has 1 unspecified atom stereocenters. The first-order valence-corrected chi connectivity index (χ1v) is 12.7. The van der Waals surface area contributed by atoms with Crippen molar-refractivity contribution in [1.29, 1.82) is 0 Å². The summed E-state index contributed by atoms with van der Waals surface area (Å²) in [6.07, 6.45) is 5.93. The van der Waals surface area contributed by atoms with E-state index in [2.05, 4.69) is 56.4 Å². The van der Waals surface area contributed by atoms with Gasteiger partial charge in [-0.3, -0.25) is 4.79 Å². The van der Waals surface area contributed by atoms with Crippen LogP contribution in [0.25, 0.3) is 22.6 Å². The number of piperazine rings is 1.